The first-order valence-electron chi connectivity index (χ1n) is 8.98. The van der Waals surface area contributed by atoms with Crippen LogP contribution in [0.2, 0.25) is 0 Å². The average Bonchev–Trinajstić information content (AvgIpc) is 3.19. The number of rotatable bonds is 8. The highest BCUT2D eigenvalue weighted by Crippen LogP contribution is 2.25. The van der Waals surface area contributed by atoms with Crippen LogP contribution in [0, 0.1) is 0 Å². The van der Waals surface area contributed by atoms with Gasteiger partial charge in [-0.2, -0.15) is 0 Å². The van der Waals surface area contributed by atoms with Gasteiger partial charge in [0.1, 0.15) is 5.75 Å². The van der Waals surface area contributed by atoms with Crippen molar-refractivity contribution in [1.29, 1.82) is 0 Å². The van der Waals surface area contributed by atoms with Gasteiger partial charge >= 0.3 is 0 Å². The smallest absolute Gasteiger partial charge is 0.227 e. The van der Waals surface area contributed by atoms with E-state index in [4.69, 9.17) is 4.74 Å². The largest absolute Gasteiger partial charge is 0.497 e. The van der Waals surface area contributed by atoms with Gasteiger partial charge in [0.05, 0.1) is 19.4 Å². The van der Waals surface area contributed by atoms with E-state index in [9.17, 15) is 4.79 Å². The lowest BCUT2D eigenvalue weighted by Crippen LogP contribution is -2.29. The predicted molar refractivity (Wildman–Crippen MR) is 103 cm³/mol. The van der Waals surface area contributed by atoms with E-state index in [-0.39, 0.29) is 11.8 Å². The number of hydrogen-bond donors (Lipinski definition) is 1. The Kier molecular flexibility index (Phi) is 5.89. The van der Waals surface area contributed by atoms with Crippen LogP contribution in [0.3, 0.4) is 0 Å². The molecule has 3 aromatic rings. The Morgan fingerprint density at radius 1 is 1.19 bits per heavy atom. The van der Waals surface area contributed by atoms with Crippen LogP contribution < -0.4 is 10.1 Å². The number of hydrogen-bond acceptors (Lipinski definition) is 3. The lowest BCUT2D eigenvalue weighted by Gasteiger charge is -2.14. The van der Waals surface area contributed by atoms with Gasteiger partial charge in [-0.25, -0.2) is 4.98 Å². The second kappa shape index (κ2) is 8.52. The molecule has 0 aliphatic heterocycles. The molecule has 1 atom stereocenters. The summed E-state index contributed by atoms with van der Waals surface area (Å²) in [5, 5.41) is 5.27. The molecular formula is C21H25N3O2. The number of amides is 1. The minimum atomic E-state index is -0.171. The van der Waals surface area contributed by atoms with Crippen molar-refractivity contribution in [3.8, 4) is 5.75 Å². The van der Waals surface area contributed by atoms with E-state index in [0.29, 0.717) is 6.54 Å². The van der Waals surface area contributed by atoms with Crippen molar-refractivity contribution >= 4 is 16.7 Å². The van der Waals surface area contributed by atoms with Gasteiger partial charge in [-0.05, 0) is 48.2 Å². The third kappa shape index (κ3) is 4.42. The molecule has 136 valence electrons. The van der Waals surface area contributed by atoms with Crippen LogP contribution in [0.1, 0.15) is 31.2 Å². The summed E-state index contributed by atoms with van der Waals surface area (Å²) in [5.41, 5.74) is 1.03. The van der Waals surface area contributed by atoms with Gasteiger partial charge in [-0.1, -0.05) is 24.3 Å². The Hall–Kier alpha value is -2.82. The maximum absolute atomic E-state index is 12.4. The van der Waals surface area contributed by atoms with Gasteiger partial charge in [-0.3, -0.25) is 4.79 Å². The summed E-state index contributed by atoms with van der Waals surface area (Å²) in [4.78, 5) is 16.4. The molecule has 0 saturated heterocycles. The average molecular weight is 351 g/mol. The number of ether oxygens (including phenoxy) is 1. The standard InChI is InChI=1S/C21H25N3O2/c1-16(21(25)23-9-3-4-11-24-12-10-22-15-24)17-5-6-19-14-20(26-2)8-7-18(19)13-17/h5-8,10,12-16H,3-4,9,11H2,1-2H3,(H,23,25)/t16-/m0/s1. The topological polar surface area (TPSA) is 56.1 Å². The molecule has 1 heterocycles. The summed E-state index contributed by atoms with van der Waals surface area (Å²) in [5.74, 6) is 0.738. The molecule has 2 aromatic carbocycles. The Bertz CT molecular complexity index is 859. The van der Waals surface area contributed by atoms with Crippen LogP contribution in [0.25, 0.3) is 10.8 Å². The zero-order chi connectivity index (χ0) is 18.4. The predicted octanol–water partition coefficient (Wildman–Crippen LogP) is 3.75. The molecule has 26 heavy (non-hydrogen) atoms. The number of aromatic nitrogens is 2. The Labute approximate surface area is 154 Å². The SMILES string of the molecule is COc1ccc2cc([C@H](C)C(=O)NCCCCn3ccnc3)ccc2c1. The third-order valence-corrected chi connectivity index (χ3v) is 4.67. The molecule has 0 unspecified atom stereocenters. The zero-order valence-corrected chi connectivity index (χ0v) is 15.3. The highest BCUT2D eigenvalue weighted by atomic mass is 16.5. The van der Waals surface area contributed by atoms with Crippen LogP contribution >= 0.6 is 0 Å². The first kappa shape index (κ1) is 18.0. The van der Waals surface area contributed by atoms with Crippen molar-refractivity contribution in [1.82, 2.24) is 14.9 Å². The summed E-state index contributed by atoms with van der Waals surface area (Å²) in [6.45, 7) is 3.58. The Morgan fingerprint density at radius 2 is 2.00 bits per heavy atom. The summed E-state index contributed by atoms with van der Waals surface area (Å²) >= 11 is 0. The normalized spacial score (nSPS) is 12.1. The van der Waals surface area contributed by atoms with Crippen molar-refractivity contribution in [2.24, 2.45) is 0 Å². The van der Waals surface area contributed by atoms with Crippen LogP contribution in [0.5, 0.6) is 5.75 Å². The van der Waals surface area contributed by atoms with Crippen molar-refractivity contribution in [3.05, 3.63) is 60.7 Å². The first-order chi connectivity index (χ1) is 12.7. The van der Waals surface area contributed by atoms with E-state index < -0.39 is 0 Å². The molecule has 0 spiro atoms. The maximum Gasteiger partial charge on any atom is 0.227 e. The van der Waals surface area contributed by atoms with Gasteiger partial charge in [0.25, 0.3) is 0 Å². The fraction of sp³-hybridized carbons (Fsp3) is 0.333. The monoisotopic (exact) mass is 351 g/mol. The van der Waals surface area contributed by atoms with E-state index in [2.05, 4.69) is 20.9 Å². The molecule has 5 nitrogen and oxygen atoms in total. The van der Waals surface area contributed by atoms with Crippen molar-refractivity contribution in [2.45, 2.75) is 32.2 Å². The summed E-state index contributed by atoms with van der Waals surface area (Å²) in [6.07, 6.45) is 7.52. The molecule has 0 aliphatic carbocycles. The molecule has 1 N–H and O–H groups in total. The number of carbonyl (C=O) groups is 1. The van der Waals surface area contributed by atoms with E-state index in [1.165, 1.54) is 0 Å². The molecule has 1 aromatic heterocycles. The number of methoxy groups -OCH3 is 1. The Balaban J connectivity index is 1.51. The second-order valence-corrected chi connectivity index (χ2v) is 6.49. The number of aryl methyl sites for hydroxylation is 1. The Morgan fingerprint density at radius 3 is 2.77 bits per heavy atom. The first-order valence-corrected chi connectivity index (χ1v) is 8.98. The van der Waals surface area contributed by atoms with Crippen molar-refractivity contribution in [3.63, 3.8) is 0 Å². The van der Waals surface area contributed by atoms with E-state index in [1.54, 1.807) is 13.3 Å². The molecule has 0 bridgehead atoms. The van der Waals surface area contributed by atoms with Crippen LogP contribution in [-0.2, 0) is 11.3 Å². The van der Waals surface area contributed by atoms with Crippen LogP contribution in [0.4, 0.5) is 0 Å². The molecule has 0 radical (unpaired) electrons. The number of nitrogens with zero attached hydrogens (tertiary/aromatic N) is 2. The van der Waals surface area contributed by atoms with Gasteiger partial charge in [0, 0.05) is 25.5 Å². The number of benzene rings is 2. The molecule has 3 rings (SSSR count). The fourth-order valence-electron chi connectivity index (χ4n) is 2.99. The highest BCUT2D eigenvalue weighted by molar-refractivity contribution is 5.88. The van der Waals surface area contributed by atoms with Gasteiger partial charge in [0.2, 0.25) is 5.91 Å². The van der Waals surface area contributed by atoms with E-state index in [1.807, 2.05) is 49.8 Å². The van der Waals surface area contributed by atoms with Gasteiger partial charge in [-0.15, -0.1) is 0 Å². The maximum atomic E-state index is 12.4. The van der Waals surface area contributed by atoms with Crippen LogP contribution in [0.15, 0.2) is 55.1 Å². The third-order valence-electron chi connectivity index (χ3n) is 4.67. The lowest BCUT2D eigenvalue weighted by molar-refractivity contribution is -0.122. The molecule has 0 fully saturated rings. The molecule has 0 aliphatic rings. The molecule has 5 heteroatoms. The van der Waals surface area contributed by atoms with Crippen molar-refractivity contribution in [2.75, 3.05) is 13.7 Å². The van der Waals surface area contributed by atoms with E-state index >= 15 is 0 Å². The number of fused-ring (bicyclic) bond motifs is 1. The number of carbonyl (C=O) groups excluding carboxylic acids is 1. The fourth-order valence-corrected chi connectivity index (χ4v) is 2.99. The quantitative estimate of drug-likeness (QED) is 0.629. The minimum Gasteiger partial charge on any atom is -0.497 e. The second-order valence-electron chi connectivity index (χ2n) is 6.49. The summed E-state index contributed by atoms with van der Waals surface area (Å²) in [6, 6.07) is 12.1. The molecule has 1 amide bonds. The highest BCUT2D eigenvalue weighted by Gasteiger charge is 2.15. The minimum absolute atomic E-state index is 0.0699. The number of imidazole rings is 1. The van der Waals surface area contributed by atoms with Gasteiger partial charge < -0.3 is 14.6 Å². The zero-order valence-electron chi connectivity index (χ0n) is 15.3. The van der Waals surface area contributed by atoms with E-state index in [0.717, 1.165) is 41.5 Å². The molecule has 0 saturated carbocycles. The number of nitrogens with one attached hydrogen (secondary N) is 1. The van der Waals surface area contributed by atoms with Crippen molar-refractivity contribution < 1.29 is 9.53 Å². The molecular weight excluding hydrogens is 326 g/mol. The van der Waals surface area contributed by atoms with Gasteiger partial charge in [0.15, 0.2) is 0 Å². The summed E-state index contributed by atoms with van der Waals surface area (Å²) < 4.78 is 7.31. The summed E-state index contributed by atoms with van der Waals surface area (Å²) in [7, 11) is 1.66. The number of unbranched alkanes of at least 4 members (excludes halogenated alkanes) is 1. The lowest BCUT2D eigenvalue weighted by atomic mass is 9.97. The van der Waals surface area contributed by atoms with Crippen LogP contribution in [-0.4, -0.2) is 29.1 Å².